The molecule has 0 saturated heterocycles. The Kier molecular flexibility index (Phi) is 7.94. The SMILES string of the molecule is COC(c1ccc(Cl)cc1)C(C)NC(=O)c1csc(CN)n1.Cl. The third kappa shape index (κ3) is 5.16. The summed E-state index contributed by atoms with van der Waals surface area (Å²) in [5.41, 5.74) is 6.83. The van der Waals surface area contributed by atoms with Crippen molar-refractivity contribution >= 4 is 41.3 Å². The summed E-state index contributed by atoms with van der Waals surface area (Å²) >= 11 is 7.27. The van der Waals surface area contributed by atoms with Crippen LogP contribution in [0.1, 0.15) is 34.1 Å². The first-order chi connectivity index (χ1) is 10.5. The fourth-order valence-corrected chi connectivity index (χ4v) is 2.93. The molecule has 0 aliphatic carbocycles. The van der Waals surface area contributed by atoms with Gasteiger partial charge >= 0.3 is 0 Å². The Morgan fingerprint density at radius 2 is 2.09 bits per heavy atom. The van der Waals surface area contributed by atoms with Crippen molar-refractivity contribution in [1.82, 2.24) is 10.3 Å². The Morgan fingerprint density at radius 3 is 2.61 bits per heavy atom. The quantitative estimate of drug-likeness (QED) is 0.812. The van der Waals surface area contributed by atoms with Crippen molar-refractivity contribution in [1.29, 1.82) is 0 Å². The van der Waals surface area contributed by atoms with Crippen LogP contribution in [0.2, 0.25) is 5.02 Å². The lowest BCUT2D eigenvalue weighted by Crippen LogP contribution is -2.38. The van der Waals surface area contributed by atoms with Crippen molar-refractivity contribution in [3.63, 3.8) is 0 Å². The summed E-state index contributed by atoms with van der Waals surface area (Å²) in [5, 5.41) is 6.00. The molecule has 0 aliphatic heterocycles. The molecule has 23 heavy (non-hydrogen) atoms. The van der Waals surface area contributed by atoms with E-state index in [0.717, 1.165) is 10.6 Å². The normalized spacial score (nSPS) is 13.0. The molecule has 1 aromatic carbocycles. The zero-order valence-corrected chi connectivity index (χ0v) is 15.2. The highest BCUT2D eigenvalue weighted by Gasteiger charge is 2.22. The molecule has 2 rings (SSSR count). The van der Waals surface area contributed by atoms with Gasteiger partial charge in [0.05, 0.1) is 6.04 Å². The number of thiazole rings is 1. The van der Waals surface area contributed by atoms with Gasteiger partial charge < -0.3 is 15.8 Å². The number of aromatic nitrogens is 1. The molecule has 2 atom stereocenters. The lowest BCUT2D eigenvalue weighted by molar-refractivity contribution is 0.0643. The Hall–Kier alpha value is -1.18. The standard InChI is InChI=1S/C15H18ClN3O2S.ClH/c1-9(14(21-2)10-3-5-11(16)6-4-10)18-15(20)12-8-22-13(7-17)19-12;/h3-6,8-9,14H,7,17H2,1-2H3,(H,18,20);1H. The number of carbonyl (C=O) groups excluding carboxylic acids is 1. The van der Waals surface area contributed by atoms with Gasteiger partial charge in [-0.05, 0) is 24.6 Å². The molecule has 5 nitrogen and oxygen atoms in total. The molecule has 1 aromatic heterocycles. The summed E-state index contributed by atoms with van der Waals surface area (Å²) in [6.45, 7) is 2.22. The number of hydrogen-bond donors (Lipinski definition) is 2. The molecule has 8 heteroatoms. The van der Waals surface area contributed by atoms with Gasteiger partial charge in [0.2, 0.25) is 0 Å². The number of amides is 1. The second kappa shape index (κ2) is 9.20. The first-order valence-electron chi connectivity index (χ1n) is 6.78. The fourth-order valence-electron chi connectivity index (χ4n) is 2.15. The molecule has 0 aliphatic rings. The number of nitrogens with two attached hydrogens (primary N) is 1. The highest BCUT2D eigenvalue weighted by molar-refractivity contribution is 7.09. The summed E-state index contributed by atoms with van der Waals surface area (Å²) in [5.74, 6) is -0.237. The maximum absolute atomic E-state index is 12.2. The second-order valence-electron chi connectivity index (χ2n) is 4.80. The van der Waals surface area contributed by atoms with Crippen LogP contribution >= 0.6 is 35.3 Å². The Balaban J connectivity index is 0.00000264. The average molecular weight is 376 g/mol. The number of halogens is 2. The molecule has 0 saturated carbocycles. The smallest absolute Gasteiger partial charge is 0.271 e. The van der Waals surface area contributed by atoms with E-state index >= 15 is 0 Å². The number of carbonyl (C=O) groups is 1. The number of benzene rings is 1. The second-order valence-corrected chi connectivity index (χ2v) is 6.18. The van der Waals surface area contributed by atoms with Crippen LogP contribution in [0, 0.1) is 0 Å². The maximum atomic E-state index is 12.2. The minimum absolute atomic E-state index is 0. The molecule has 0 radical (unpaired) electrons. The Labute approximate surface area is 150 Å². The molecule has 2 aromatic rings. The summed E-state index contributed by atoms with van der Waals surface area (Å²) in [6.07, 6.45) is -0.270. The number of methoxy groups -OCH3 is 1. The van der Waals surface area contributed by atoms with Crippen LogP contribution in [0.3, 0.4) is 0 Å². The van der Waals surface area contributed by atoms with E-state index < -0.39 is 0 Å². The van der Waals surface area contributed by atoms with E-state index in [9.17, 15) is 4.79 Å². The van der Waals surface area contributed by atoms with E-state index in [1.165, 1.54) is 11.3 Å². The summed E-state index contributed by atoms with van der Waals surface area (Å²) < 4.78 is 5.51. The third-order valence-corrected chi connectivity index (χ3v) is 4.35. The molecular formula is C15H19Cl2N3O2S. The highest BCUT2D eigenvalue weighted by Crippen LogP contribution is 2.22. The van der Waals surface area contributed by atoms with E-state index in [0.29, 0.717) is 17.3 Å². The van der Waals surface area contributed by atoms with Crippen LogP contribution in [-0.4, -0.2) is 24.0 Å². The van der Waals surface area contributed by atoms with Crippen molar-refractivity contribution in [2.75, 3.05) is 7.11 Å². The van der Waals surface area contributed by atoms with Crippen LogP contribution in [0.25, 0.3) is 0 Å². The van der Waals surface area contributed by atoms with Gasteiger partial charge in [-0.1, -0.05) is 23.7 Å². The van der Waals surface area contributed by atoms with E-state index in [2.05, 4.69) is 10.3 Å². The topological polar surface area (TPSA) is 77.2 Å². The lowest BCUT2D eigenvalue weighted by Gasteiger charge is -2.24. The van der Waals surface area contributed by atoms with Crippen LogP contribution in [-0.2, 0) is 11.3 Å². The van der Waals surface area contributed by atoms with E-state index in [1.807, 2.05) is 19.1 Å². The van der Waals surface area contributed by atoms with Gasteiger partial charge in [0, 0.05) is 24.1 Å². The van der Waals surface area contributed by atoms with Crippen LogP contribution in [0.4, 0.5) is 0 Å². The average Bonchev–Trinajstić information content (AvgIpc) is 2.99. The molecule has 1 amide bonds. The van der Waals surface area contributed by atoms with Crippen molar-refractivity contribution in [3.8, 4) is 0 Å². The van der Waals surface area contributed by atoms with Crippen molar-refractivity contribution in [2.45, 2.75) is 25.6 Å². The van der Waals surface area contributed by atoms with Gasteiger partial charge in [0.25, 0.3) is 5.91 Å². The fraction of sp³-hybridized carbons (Fsp3) is 0.333. The molecule has 1 heterocycles. The monoisotopic (exact) mass is 375 g/mol. The zero-order valence-electron chi connectivity index (χ0n) is 12.8. The van der Waals surface area contributed by atoms with Gasteiger partial charge in [-0.15, -0.1) is 23.7 Å². The predicted octanol–water partition coefficient (Wildman–Crippen LogP) is 3.18. The molecule has 2 unspecified atom stereocenters. The van der Waals surface area contributed by atoms with Crippen molar-refractivity contribution in [2.24, 2.45) is 5.73 Å². The van der Waals surface area contributed by atoms with Crippen molar-refractivity contribution in [3.05, 3.63) is 50.9 Å². The minimum Gasteiger partial charge on any atom is -0.375 e. The molecule has 3 N–H and O–H groups in total. The van der Waals surface area contributed by atoms with Crippen LogP contribution in [0.15, 0.2) is 29.6 Å². The van der Waals surface area contributed by atoms with Gasteiger partial charge in [0.1, 0.15) is 16.8 Å². The van der Waals surface area contributed by atoms with Crippen LogP contribution in [0.5, 0.6) is 0 Å². The van der Waals surface area contributed by atoms with Gasteiger partial charge in [0.15, 0.2) is 0 Å². The van der Waals surface area contributed by atoms with E-state index in [1.54, 1.807) is 24.6 Å². The van der Waals surface area contributed by atoms with E-state index in [-0.39, 0.29) is 30.5 Å². The maximum Gasteiger partial charge on any atom is 0.271 e. The van der Waals surface area contributed by atoms with Crippen molar-refractivity contribution < 1.29 is 9.53 Å². The van der Waals surface area contributed by atoms with Gasteiger partial charge in [-0.2, -0.15) is 0 Å². The first kappa shape index (κ1) is 19.9. The van der Waals surface area contributed by atoms with Gasteiger partial charge in [-0.3, -0.25) is 4.79 Å². The highest BCUT2D eigenvalue weighted by atomic mass is 35.5. The first-order valence-corrected chi connectivity index (χ1v) is 8.04. The predicted molar refractivity (Wildman–Crippen MR) is 95.4 cm³/mol. The molecule has 126 valence electrons. The Bertz CT molecular complexity index is 634. The summed E-state index contributed by atoms with van der Waals surface area (Å²) in [7, 11) is 1.61. The zero-order chi connectivity index (χ0) is 16.1. The van der Waals surface area contributed by atoms with Crippen LogP contribution < -0.4 is 11.1 Å². The Morgan fingerprint density at radius 1 is 1.43 bits per heavy atom. The minimum atomic E-state index is -0.270. The molecule has 0 bridgehead atoms. The number of ether oxygens (including phenoxy) is 1. The molecule has 0 spiro atoms. The molecule has 0 fully saturated rings. The number of rotatable bonds is 6. The summed E-state index contributed by atoms with van der Waals surface area (Å²) in [6, 6.07) is 7.14. The third-order valence-electron chi connectivity index (χ3n) is 3.22. The summed E-state index contributed by atoms with van der Waals surface area (Å²) in [4.78, 5) is 16.4. The molecular weight excluding hydrogens is 357 g/mol. The number of hydrogen-bond acceptors (Lipinski definition) is 5. The number of nitrogens with one attached hydrogen (secondary N) is 1. The largest absolute Gasteiger partial charge is 0.375 e. The lowest BCUT2D eigenvalue weighted by atomic mass is 10.0. The number of nitrogens with zero attached hydrogens (tertiary/aromatic N) is 1. The van der Waals surface area contributed by atoms with Gasteiger partial charge in [-0.25, -0.2) is 4.98 Å². The van der Waals surface area contributed by atoms with E-state index in [4.69, 9.17) is 22.1 Å².